The second kappa shape index (κ2) is 5.02. The molecule has 2 aromatic rings. The van der Waals surface area contributed by atoms with Crippen molar-refractivity contribution < 1.29 is 8.42 Å². The maximum Gasteiger partial charge on any atom is 0.244 e. The molecule has 0 spiro atoms. The van der Waals surface area contributed by atoms with E-state index >= 15 is 0 Å². The monoisotopic (exact) mass is 284 g/mol. The van der Waals surface area contributed by atoms with Crippen LogP contribution in [0.2, 0.25) is 0 Å². The van der Waals surface area contributed by atoms with Crippen LogP contribution in [0.4, 0.5) is 5.69 Å². The van der Waals surface area contributed by atoms with Crippen LogP contribution in [-0.2, 0) is 16.6 Å². The minimum Gasteiger partial charge on any atom is -0.396 e. The molecule has 0 aliphatic carbocycles. The Morgan fingerprint density at radius 2 is 2.21 bits per heavy atom. The van der Waals surface area contributed by atoms with Crippen molar-refractivity contribution in [3.05, 3.63) is 23.8 Å². The average Bonchev–Trinajstić information content (AvgIpc) is 2.86. The van der Waals surface area contributed by atoms with E-state index in [2.05, 4.69) is 20.0 Å². The molecule has 0 fully saturated rings. The second-order valence-electron chi connectivity index (χ2n) is 4.20. The van der Waals surface area contributed by atoms with Gasteiger partial charge in [-0.3, -0.25) is 9.78 Å². The molecule has 2 heterocycles. The third kappa shape index (κ3) is 2.93. The summed E-state index contributed by atoms with van der Waals surface area (Å²) in [5.74, 6) is 0. The molecule has 0 saturated carbocycles. The van der Waals surface area contributed by atoms with Crippen LogP contribution in [0, 0.1) is 13.8 Å². The van der Waals surface area contributed by atoms with Crippen LogP contribution in [0.1, 0.15) is 11.4 Å². The van der Waals surface area contributed by atoms with Crippen molar-refractivity contribution in [1.82, 2.24) is 24.7 Å². The number of nitrogens with zero attached hydrogens (tertiary/aromatic N) is 3. The summed E-state index contributed by atoms with van der Waals surface area (Å²) in [6, 6.07) is 0. The molecular formula is C10H16N6O2S. The van der Waals surface area contributed by atoms with E-state index in [1.807, 2.05) is 0 Å². The number of H-pyrrole nitrogens is 1. The van der Waals surface area contributed by atoms with Crippen LogP contribution in [-0.4, -0.2) is 34.9 Å². The van der Waals surface area contributed by atoms with Crippen molar-refractivity contribution in [3.63, 3.8) is 0 Å². The molecule has 0 unspecified atom stereocenters. The van der Waals surface area contributed by atoms with Gasteiger partial charge in [-0.05, 0) is 13.8 Å². The SMILES string of the molecule is Cc1n[nH]c(C)c1S(=O)(=O)NCCn1cc(N)cn1. The number of aryl methyl sites for hydroxylation is 2. The van der Waals surface area contributed by atoms with E-state index in [1.165, 1.54) is 6.20 Å². The molecule has 4 N–H and O–H groups in total. The van der Waals surface area contributed by atoms with Crippen molar-refractivity contribution in [2.24, 2.45) is 0 Å². The normalized spacial score (nSPS) is 11.9. The van der Waals surface area contributed by atoms with Crippen LogP contribution in [0.25, 0.3) is 0 Å². The highest BCUT2D eigenvalue weighted by Crippen LogP contribution is 2.15. The highest BCUT2D eigenvalue weighted by molar-refractivity contribution is 7.89. The van der Waals surface area contributed by atoms with Gasteiger partial charge in [-0.2, -0.15) is 10.2 Å². The number of hydrogen-bond donors (Lipinski definition) is 3. The number of nitrogens with two attached hydrogens (primary N) is 1. The van der Waals surface area contributed by atoms with E-state index in [1.54, 1.807) is 24.7 Å². The van der Waals surface area contributed by atoms with E-state index in [9.17, 15) is 8.42 Å². The van der Waals surface area contributed by atoms with E-state index in [-0.39, 0.29) is 11.4 Å². The lowest BCUT2D eigenvalue weighted by Crippen LogP contribution is -2.28. The Labute approximate surface area is 111 Å². The average molecular weight is 284 g/mol. The second-order valence-corrected chi connectivity index (χ2v) is 5.90. The van der Waals surface area contributed by atoms with Crippen molar-refractivity contribution >= 4 is 15.7 Å². The summed E-state index contributed by atoms with van der Waals surface area (Å²) in [6.07, 6.45) is 3.15. The summed E-state index contributed by atoms with van der Waals surface area (Å²) in [4.78, 5) is 0.201. The molecule has 0 aliphatic heterocycles. The van der Waals surface area contributed by atoms with Crippen molar-refractivity contribution in [3.8, 4) is 0 Å². The number of sulfonamides is 1. The molecule has 0 atom stereocenters. The quantitative estimate of drug-likeness (QED) is 0.701. The van der Waals surface area contributed by atoms with Crippen LogP contribution < -0.4 is 10.5 Å². The highest BCUT2D eigenvalue weighted by Gasteiger charge is 2.21. The summed E-state index contributed by atoms with van der Waals surface area (Å²) < 4.78 is 28.3. The first kappa shape index (κ1) is 13.6. The van der Waals surface area contributed by atoms with Gasteiger partial charge in [0.1, 0.15) is 4.90 Å². The van der Waals surface area contributed by atoms with Gasteiger partial charge in [0.15, 0.2) is 0 Å². The van der Waals surface area contributed by atoms with Gasteiger partial charge in [0.2, 0.25) is 10.0 Å². The molecular weight excluding hydrogens is 268 g/mol. The molecule has 0 aromatic carbocycles. The van der Waals surface area contributed by atoms with Crippen LogP contribution in [0.15, 0.2) is 17.3 Å². The highest BCUT2D eigenvalue weighted by atomic mass is 32.2. The summed E-state index contributed by atoms with van der Waals surface area (Å²) in [5.41, 5.74) is 7.04. The van der Waals surface area contributed by atoms with Crippen LogP contribution in [0.5, 0.6) is 0 Å². The third-order valence-electron chi connectivity index (χ3n) is 2.62. The van der Waals surface area contributed by atoms with Gasteiger partial charge >= 0.3 is 0 Å². The Bertz CT molecular complexity index is 653. The minimum absolute atomic E-state index is 0.201. The zero-order valence-electron chi connectivity index (χ0n) is 10.7. The number of rotatable bonds is 5. The van der Waals surface area contributed by atoms with Gasteiger partial charge in [0, 0.05) is 12.7 Å². The summed E-state index contributed by atoms with van der Waals surface area (Å²) in [6.45, 7) is 3.95. The number of hydrogen-bond acceptors (Lipinski definition) is 5. The standard InChI is InChI=1S/C10H16N6O2S/c1-7-10(8(2)15-14-7)19(17,18)13-3-4-16-6-9(11)5-12-16/h5-6,13H,3-4,11H2,1-2H3,(H,14,15). The number of nitrogen functional groups attached to an aromatic ring is 1. The predicted octanol–water partition coefficient (Wildman–Crippen LogP) is -0.216. The first-order chi connectivity index (χ1) is 8.90. The predicted molar refractivity (Wildman–Crippen MR) is 69.9 cm³/mol. The molecule has 0 amide bonds. The molecule has 0 bridgehead atoms. The van der Waals surface area contributed by atoms with Gasteiger partial charge in [-0.1, -0.05) is 0 Å². The Morgan fingerprint density at radius 3 is 2.74 bits per heavy atom. The summed E-state index contributed by atoms with van der Waals surface area (Å²) in [7, 11) is -3.56. The first-order valence-corrected chi connectivity index (χ1v) is 7.17. The zero-order chi connectivity index (χ0) is 14.0. The van der Waals surface area contributed by atoms with Gasteiger partial charge in [-0.25, -0.2) is 13.1 Å². The van der Waals surface area contributed by atoms with Crippen molar-refractivity contribution in [2.75, 3.05) is 12.3 Å². The largest absolute Gasteiger partial charge is 0.396 e. The van der Waals surface area contributed by atoms with Crippen LogP contribution >= 0.6 is 0 Å². The van der Waals surface area contributed by atoms with E-state index in [0.29, 0.717) is 23.6 Å². The van der Waals surface area contributed by atoms with Gasteiger partial charge in [0.05, 0.1) is 29.8 Å². The molecule has 0 aliphatic rings. The van der Waals surface area contributed by atoms with Gasteiger partial charge in [0.25, 0.3) is 0 Å². The van der Waals surface area contributed by atoms with E-state index < -0.39 is 10.0 Å². The number of nitrogens with one attached hydrogen (secondary N) is 2. The third-order valence-corrected chi connectivity index (χ3v) is 4.34. The molecule has 2 rings (SSSR count). The lowest BCUT2D eigenvalue weighted by molar-refractivity contribution is 0.560. The number of aromatic amines is 1. The van der Waals surface area contributed by atoms with Crippen molar-refractivity contribution in [2.45, 2.75) is 25.3 Å². The molecule has 2 aromatic heterocycles. The Kier molecular flexibility index (Phi) is 3.58. The summed E-state index contributed by atoms with van der Waals surface area (Å²) in [5, 5.41) is 10.5. The van der Waals surface area contributed by atoms with E-state index in [4.69, 9.17) is 5.73 Å². The fourth-order valence-electron chi connectivity index (χ4n) is 1.81. The molecule has 104 valence electrons. The Hall–Kier alpha value is -1.87. The summed E-state index contributed by atoms with van der Waals surface area (Å²) >= 11 is 0. The topological polar surface area (TPSA) is 119 Å². The molecule has 9 heteroatoms. The molecule has 0 radical (unpaired) electrons. The minimum atomic E-state index is -3.56. The smallest absolute Gasteiger partial charge is 0.244 e. The maximum absolute atomic E-state index is 12.1. The van der Waals surface area contributed by atoms with Gasteiger partial charge in [-0.15, -0.1) is 0 Å². The van der Waals surface area contributed by atoms with Crippen molar-refractivity contribution in [1.29, 1.82) is 0 Å². The lowest BCUT2D eigenvalue weighted by Gasteiger charge is -2.06. The first-order valence-electron chi connectivity index (χ1n) is 5.69. The fourth-order valence-corrected chi connectivity index (χ4v) is 3.19. The maximum atomic E-state index is 12.1. The molecule has 19 heavy (non-hydrogen) atoms. The Balaban J connectivity index is 2.03. The number of anilines is 1. The molecule has 0 saturated heterocycles. The fraction of sp³-hybridized carbons (Fsp3) is 0.400. The van der Waals surface area contributed by atoms with Crippen LogP contribution in [0.3, 0.4) is 0 Å². The Morgan fingerprint density at radius 1 is 1.47 bits per heavy atom. The number of aromatic nitrogens is 4. The molecule has 8 nitrogen and oxygen atoms in total. The zero-order valence-corrected chi connectivity index (χ0v) is 11.5. The van der Waals surface area contributed by atoms with Gasteiger partial charge < -0.3 is 5.73 Å². The lowest BCUT2D eigenvalue weighted by atomic mass is 10.4. The van der Waals surface area contributed by atoms with E-state index in [0.717, 1.165) is 0 Å².